The van der Waals surface area contributed by atoms with Crippen LogP contribution in [0.3, 0.4) is 0 Å². The molecule has 160 valence electrons. The second-order valence-electron chi connectivity index (χ2n) is 6.63. The van der Waals surface area contributed by atoms with Crippen molar-refractivity contribution in [1.29, 1.82) is 0 Å². The zero-order valence-corrected chi connectivity index (χ0v) is 17.3. The van der Waals surface area contributed by atoms with Crippen LogP contribution in [-0.2, 0) is 22.2 Å². The first kappa shape index (κ1) is 21.9. The molecule has 30 heavy (non-hydrogen) atoms. The molecule has 0 saturated carbocycles. The van der Waals surface area contributed by atoms with Crippen molar-refractivity contribution in [3.63, 3.8) is 0 Å². The largest absolute Gasteiger partial charge is 0.469 e. The molecule has 0 atom stereocenters. The van der Waals surface area contributed by atoms with Crippen LogP contribution in [0.25, 0.3) is 23.3 Å². The predicted octanol–water partition coefficient (Wildman–Crippen LogP) is 1.97. The molecule has 0 spiro atoms. The first-order chi connectivity index (χ1) is 14.3. The second-order valence-corrected chi connectivity index (χ2v) is 7.87. The van der Waals surface area contributed by atoms with E-state index in [4.69, 9.17) is 9.79 Å². The number of aryl methyl sites for hydroxylation is 1. The van der Waals surface area contributed by atoms with Crippen molar-refractivity contribution in [2.75, 3.05) is 6.61 Å². The Morgan fingerprint density at radius 2 is 1.87 bits per heavy atom. The number of hydrogen-bond donors (Lipinski definition) is 3. The van der Waals surface area contributed by atoms with Crippen molar-refractivity contribution in [3.05, 3.63) is 62.6 Å². The van der Waals surface area contributed by atoms with E-state index in [1.165, 1.54) is 4.57 Å². The van der Waals surface area contributed by atoms with E-state index >= 15 is 0 Å². The van der Waals surface area contributed by atoms with Crippen molar-refractivity contribution in [2.45, 2.75) is 32.9 Å². The maximum atomic E-state index is 12.8. The number of aromatic amines is 1. The van der Waals surface area contributed by atoms with Gasteiger partial charge in [0.2, 0.25) is 0 Å². The lowest BCUT2D eigenvalue weighted by atomic mass is 10.2. The molecule has 0 aliphatic rings. The Kier molecular flexibility index (Phi) is 6.84. The molecule has 0 aliphatic carbocycles. The van der Waals surface area contributed by atoms with E-state index in [0.717, 1.165) is 10.1 Å². The van der Waals surface area contributed by atoms with Crippen molar-refractivity contribution < 1.29 is 18.9 Å². The summed E-state index contributed by atoms with van der Waals surface area (Å²) in [6.07, 6.45) is 4.30. The highest BCUT2D eigenvalue weighted by atomic mass is 31.2. The molecule has 0 radical (unpaired) electrons. The van der Waals surface area contributed by atoms with E-state index in [2.05, 4.69) is 14.5 Å². The number of phosphoric acid groups is 1. The van der Waals surface area contributed by atoms with Gasteiger partial charge in [-0.15, -0.1) is 0 Å². The van der Waals surface area contributed by atoms with Gasteiger partial charge in [-0.25, -0.2) is 14.3 Å². The highest BCUT2D eigenvalue weighted by Crippen LogP contribution is 2.35. The molecule has 2 heterocycles. The van der Waals surface area contributed by atoms with Crippen LogP contribution in [0.1, 0.15) is 31.2 Å². The fourth-order valence-electron chi connectivity index (χ4n) is 3.03. The average molecular weight is 434 g/mol. The summed E-state index contributed by atoms with van der Waals surface area (Å²) in [6.45, 7) is 1.96. The van der Waals surface area contributed by atoms with Gasteiger partial charge in [-0.1, -0.05) is 43.3 Å². The molecule has 2 aromatic heterocycles. The Bertz CT molecular complexity index is 1210. The molecule has 0 unspecified atom stereocenters. The number of hydrogen-bond acceptors (Lipinski definition) is 5. The van der Waals surface area contributed by atoms with Gasteiger partial charge in [-0.3, -0.25) is 18.5 Å². The Balaban J connectivity index is 1.99. The van der Waals surface area contributed by atoms with Crippen LogP contribution in [-0.4, -0.2) is 35.5 Å². The minimum absolute atomic E-state index is 0.0893. The van der Waals surface area contributed by atoms with Gasteiger partial charge in [0.1, 0.15) is 11.3 Å². The molecule has 0 saturated heterocycles. The van der Waals surface area contributed by atoms with E-state index in [9.17, 15) is 14.2 Å². The minimum Gasteiger partial charge on any atom is -0.333 e. The molecule has 0 fully saturated rings. The Morgan fingerprint density at radius 1 is 1.13 bits per heavy atom. The molecule has 0 amide bonds. The quantitative estimate of drug-likeness (QED) is 0.346. The van der Waals surface area contributed by atoms with Crippen molar-refractivity contribution in [3.8, 4) is 0 Å². The van der Waals surface area contributed by atoms with Gasteiger partial charge in [0.15, 0.2) is 5.65 Å². The monoisotopic (exact) mass is 434 g/mol. The summed E-state index contributed by atoms with van der Waals surface area (Å²) in [5.74, 6) is 0.416. The zero-order valence-electron chi connectivity index (χ0n) is 16.4. The number of benzene rings is 1. The van der Waals surface area contributed by atoms with E-state index < -0.39 is 19.1 Å². The molecule has 0 aliphatic heterocycles. The lowest BCUT2D eigenvalue weighted by Crippen LogP contribution is -2.40. The SMILES string of the molecule is CCCn1c(=O)c2[nH]c(/C=C/c3ccccc3)nc2n(CCCOP(=O)(O)O)c1=O. The van der Waals surface area contributed by atoms with E-state index in [0.29, 0.717) is 12.2 Å². The molecule has 10 nitrogen and oxygen atoms in total. The van der Waals surface area contributed by atoms with Gasteiger partial charge in [0.25, 0.3) is 5.56 Å². The molecule has 3 rings (SSSR count). The summed E-state index contributed by atoms with van der Waals surface area (Å²) in [5, 5.41) is 0. The highest BCUT2D eigenvalue weighted by molar-refractivity contribution is 7.46. The van der Waals surface area contributed by atoms with Crippen LogP contribution in [0.15, 0.2) is 39.9 Å². The molecular weight excluding hydrogens is 411 g/mol. The van der Waals surface area contributed by atoms with Gasteiger partial charge in [-0.2, -0.15) is 0 Å². The summed E-state index contributed by atoms with van der Waals surface area (Å²) >= 11 is 0. The normalized spacial score (nSPS) is 12.2. The number of nitrogens with zero attached hydrogens (tertiary/aromatic N) is 3. The summed E-state index contributed by atoms with van der Waals surface area (Å²) in [6, 6.07) is 9.55. The van der Waals surface area contributed by atoms with Crippen LogP contribution >= 0.6 is 7.82 Å². The number of phosphoric ester groups is 1. The van der Waals surface area contributed by atoms with Crippen LogP contribution in [0, 0.1) is 0 Å². The molecule has 1 aromatic carbocycles. The molecular formula is C19H23N4O6P. The number of aromatic nitrogens is 4. The second kappa shape index (κ2) is 9.36. The summed E-state index contributed by atoms with van der Waals surface area (Å²) in [5.41, 5.74) is 0.378. The Labute approximate surface area is 171 Å². The first-order valence-corrected chi connectivity index (χ1v) is 11.0. The number of imidazole rings is 1. The maximum absolute atomic E-state index is 12.8. The van der Waals surface area contributed by atoms with Gasteiger partial charge in [0.05, 0.1) is 6.61 Å². The predicted molar refractivity (Wildman–Crippen MR) is 113 cm³/mol. The molecule has 11 heteroatoms. The van der Waals surface area contributed by atoms with Crippen LogP contribution in [0.4, 0.5) is 0 Å². The van der Waals surface area contributed by atoms with Crippen molar-refractivity contribution in [2.24, 2.45) is 0 Å². The topological polar surface area (TPSA) is 139 Å². The van der Waals surface area contributed by atoms with Crippen LogP contribution in [0.2, 0.25) is 0 Å². The number of fused-ring (bicyclic) bond motifs is 1. The maximum Gasteiger partial charge on any atom is 0.469 e. The average Bonchev–Trinajstić information content (AvgIpc) is 3.13. The third-order valence-corrected chi connectivity index (χ3v) is 4.86. The third-order valence-electron chi connectivity index (χ3n) is 4.35. The lowest BCUT2D eigenvalue weighted by molar-refractivity contribution is 0.192. The van der Waals surface area contributed by atoms with Crippen LogP contribution in [0.5, 0.6) is 0 Å². The van der Waals surface area contributed by atoms with Gasteiger partial charge in [0, 0.05) is 13.1 Å². The fourth-order valence-corrected chi connectivity index (χ4v) is 3.40. The van der Waals surface area contributed by atoms with Gasteiger partial charge in [-0.05, 0) is 24.5 Å². The van der Waals surface area contributed by atoms with Gasteiger partial charge >= 0.3 is 13.5 Å². The highest BCUT2D eigenvalue weighted by Gasteiger charge is 2.17. The lowest BCUT2D eigenvalue weighted by Gasteiger charge is -2.11. The standard InChI is InChI=1S/C19H23N4O6P/c1-2-11-23-18(24)16-17(22(19(23)25)12-6-13-29-30(26,27)28)21-15(20-16)10-9-14-7-4-3-5-8-14/h3-5,7-10H,2,6,11-13H2,1H3,(H,20,21)(H2,26,27,28)/b10-9+. The Morgan fingerprint density at radius 3 is 2.53 bits per heavy atom. The first-order valence-electron chi connectivity index (χ1n) is 9.46. The molecule has 0 bridgehead atoms. The van der Waals surface area contributed by atoms with Gasteiger partial charge < -0.3 is 14.8 Å². The summed E-state index contributed by atoms with van der Waals surface area (Å²) in [4.78, 5) is 50.6. The zero-order chi connectivity index (χ0) is 21.7. The van der Waals surface area contributed by atoms with Crippen molar-refractivity contribution >= 4 is 31.1 Å². The van der Waals surface area contributed by atoms with Crippen LogP contribution < -0.4 is 11.2 Å². The summed E-state index contributed by atoms with van der Waals surface area (Å²) in [7, 11) is -4.58. The van der Waals surface area contributed by atoms with E-state index in [-0.39, 0.29) is 37.3 Å². The Hall–Kier alpha value is -2.78. The minimum atomic E-state index is -4.58. The van der Waals surface area contributed by atoms with E-state index in [1.54, 1.807) is 6.08 Å². The molecule has 3 aromatic rings. The van der Waals surface area contributed by atoms with Crippen molar-refractivity contribution in [1.82, 2.24) is 19.1 Å². The number of rotatable bonds is 9. The fraction of sp³-hybridized carbons (Fsp3) is 0.316. The van der Waals surface area contributed by atoms with E-state index in [1.807, 2.05) is 43.3 Å². The number of H-pyrrole nitrogens is 1. The smallest absolute Gasteiger partial charge is 0.333 e. The third kappa shape index (κ3) is 5.22. The summed E-state index contributed by atoms with van der Waals surface area (Å²) < 4.78 is 17.7. The number of nitrogens with one attached hydrogen (secondary N) is 1. The molecule has 3 N–H and O–H groups in total.